The van der Waals surface area contributed by atoms with Gasteiger partial charge >= 0.3 is 0 Å². The van der Waals surface area contributed by atoms with Crippen LogP contribution in [0.25, 0.3) is 0 Å². The Morgan fingerprint density at radius 2 is 2.55 bits per heavy atom. The van der Waals surface area contributed by atoms with Crippen LogP contribution >= 0.6 is 0 Å². The average molecular weight is 158 g/mol. The van der Waals surface area contributed by atoms with Gasteiger partial charge in [0.1, 0.15) is 6.61 Å². The highest BCUT2D eigenvalue weighted by molar-refractivity contribution is 5.76. The molecule has 0 radical (unpaired) electrons. The maximum Gasteiger partial charge on any atom is 0.155 e. The Labute approximate surface area is 66.7 Å². The van der Waals surface area contributed by atoms with Crippen LogP contribution in [0.2, 0.25) is 0 Å². The number of ketones is 1. The molecule has 0 bridgehead atoms. The fourth-order valence-electron chi connectivity index (χ4n) is 1.08. The molecule has 0 aliphatic carbocycles. The van der Waals surface area contributed by atoms with E-state index in [2.05, 4.69) is 0 Å². The lowest BCUT2D eigenvalue weighted by Crippen LogP contribution is -2.13. The van der Waals surface area contributed by atoms with Crippen LogP contribution in [0, 0.1) is 5.92 Å². The van der Waals surface area contributed by atoms with Crippen molar-refractivity contribution in [2.24, 2.45) is 5.92 Å². The molecule has 0 aromatic heterocycles. The molecule has 0 amide bonds. The lowest BCUT2D eigenvalue weighted by Gasteiger charge is -2.06. The van der Waals surface area contributed by atoms with Gasteiger partial charge in [-0.25, -0.2) is 0 Å². The predicted octanol–water partition coefficient (Wildman–Crippen LogP) is 0.629. The van der Waals surface area contributed by atoms with Gasteiger partial charge < -0.3 is 9.47 Å². The molecule has 0 saturated carbocycles. The van der Waals surface area contributed by atoms with E-state index >= 15 is 0 Å². The molecule has 1 unspecified atom stereocenters. The normalized spacial score (nSPS) is 23.9. The number of Topliss-reactive ketones (excluding diaryl/α,β-unsaturated/α-hetero) is 1. The lowest BCUT2D eigenvalue weighted by molar-refractivity contribution is -0.121. The molecular formula is C8H14O3. The molecule has 1 rings (SSSR count). The Morgan fingerprint density at radius 1 is 1.73 bits per heavy atom. The first kappa shape index (κ1) is 8.68. The van der Waals surface area contributed by atoms with Crippen molar-refractivity contribution >= 4 is 5.78 Å². The van der Waals surface area contributed by atoms with Crippen molar-refractivity contribution in [2.45, 2.75) is 13.3 Å². The third-order valence-electron chi connectivity index (χ3n) is 1.68. The second kappa shape index (κ2) is 4.46. The summed E-state index contributed by atoms with van der Waals surface area (Å²) in [5.41, 5.74) is 0. The van der Waals surface area contributed by atoms with E-state index in [1.54, 1.807) is 0 Å². The number of hydrogen-bond donors (Lipinski definition) is 0. The van der Waals surface area contributed by atoms with Gasteiger partial charge in [0.15, 0.2) is 5.78 Å². The largest absolute Gasteiger partial charge is 0.381 e. The number of hydrogen-bond acceptors (Lipinski definition) is 3. The summed E-state index contributed by atoms with van der Waals surface area (Å²) in [5.74, 6) is 0.596. The standard InChI is InChI=1S/C8H14O3/c1-7(9)4-11-6-8-2-3-10-5-8/h8H,2-6H2,1H3. The van der Waals surface area contributed by atoms with Crippen LogP contribution < -0.4 is 0 Å². The molecule has 0 spiro atoms. The number of carbonyl (C=O) groups excluding carboxylic acids is 1. The number of carbonyl (C=O) groups is 1. The molecule has 64 valence electrons. The molecule has 0 N–H and O–H groups in total. The Bertz CT molecular complexity index is 127. The molecule has 1 fully saturated rings. The van der Waals surface area contributed by atoms with E-state index in [4.69, 9.17) is 9.47 Å². The first-order valence-electron chi connectivity index (χ1n) is 3.94. The maximum atomic E-state index is 10.5. The van der Waals surface area contributed by atoms with Crippen LogP contribution in [0.1, 0.15) is 13.3 Å². The Kier molecular flexibility index (Phi) is 3.52. The van der Waals surface area contributed by atoms with Crippen LogP contribution in [0.4, 0.5) is 0 Å². The highest BCUT2D eigenvalue weighted by Crippen LogP contribution is 2.11. The van der Waals surface area contributed by atoms with Crippen molar-refractivity contribution in [2.75, 3.05) is 26.4 Å². The fourth-order valence-corrected chi connectivity index (χ4v) is 1.08. The third kappa shape index (κ3) is 3.49. The van der Waals surface area contributed by atoms with Gasteiger partial charge in [-0.2, -0.15) is 0 Å². The van der Waals surface area contributed by atoms with Gasteiger partial charge in [0.25, 0.3) is 0 Å². The fraction of sp³-hybridized carbons (Fsp3) is 0.875. The van der Waals surface area contributed by atoms with Gasteiger partial charge in [-0.15, -0.1) is 0 Å². The van der Waals surface area contributed by atoms with E-state index in [1.165, 1.54) is 6.92 Å². The quantitative estimate of drug-likeness (QED) is 0.602. The van der Waals surface area contributed by atoms with Crippen LogP contribution in [0.5, 0.6) is 0 Å². The monoisotopic (exact) mass is 158 g/mol. The summed E-state index contributed by atoms with van der Waals surface area (Å²) < 4.78 is 10.3. The minimum absolute atomic E-state index is 0.0870. The maximum absolute atomic E-state index is 10.5. The minimum atomic E-state index is 0.0870. The average Bonchev–Trinajstić information content (AvgIpc) is 2.39. The van der Waals surface area contributed by atoms with Gasteiger partial charge in [0.05, 0.1) is 13.2 Å². The highest BCUT2D eigenvalue weighted by atomic mass is 16.5. The lowest BCUT2D eigenvalue weighted by atomic mass is 10.1. The number of ether oxygens (including phenoxy) is 2. The molecule has 0 aromatic carbocycles. The smallest absolute Gasteiger partial charge is 0.155 e. The van der Waals surface area contributed by atoms with Gasteiger partial charge in [0, 0.05) is 12.5 Å². The van der Waals surface area contributed by atoms with Crippen LogP contribution in [-0.4, -0.2) is 32.2 Å². The summed E-state index contributed by atoms with van der Waals surface area (Å²) in [6.45, 7) is 4.08. The van der Waals surface area contributed by atoms with Crippen LogP contribution in [-0.2, 0) is 14.3 Å². The SMILES string of the molecule is CC(=O)COCC1CCOC1. The van der Waals surface area contributed by atoms with E-state index in [0.717, 1.165) is 19.6 Å². The van der Waals surface area contributed by atoms with Crippen molar-refractivity contribution in [3.8, 4) is 0 Å². The van der Waals surface area contributed by atoms with E-state index in [0.29, 0.717) is 12.5 Å². The number of rotatable bonds is 4. The second-order valence-electron chi connectivity index (χ2n) is 2.95. The van der Waals surface area contributed by atoms with Gasteiger partial charge in [0.2, 0.25) is 0 Å². The van der Waals surface area contributed by atoms with Crippen molar-refractivity contribution in [3.63, 3.8) is 0 Å². The molecule has 1 saturated heterocycles. The second-order valence-corrected chi connectivity index (χ2v) is 2.95. The zero-order valence-corrected chi connectivity index (χ0v) is 6.84. The molecular weight excluding hydrogens is 144 g/mol. The van der Waals surface area contributed by atoms with Crippen molar-refractivity contribution in [1.29, 1.82) is 0 Å². The van der Waals surface area contributed by atoms with Gasteiger partial charge in [-0.05, 0) is 13.3 Å². The molecule has 0 aromatic rings. The molecule has 3 nitrogen and oxygen atoms in total. The van der Waals surface area contributed by atoms with Crippen LogP contribution in [0.15, 0.2) is 0 Å². The first-order chi connectivity index (χ1) is 5.29. The Balaban J connectivity index is 1.98. The zero-order valence-electron chi connectivity index (χ0n) is 6.84. The highest BCUT2D eigenvalue weighted by Gasteiger charge is 2.15. The van der Waals surface area contributed by atoms with Crippen LogP contribution in [0.3, 0.4) is 0 Å². The predicted molar refractivity (Wildman–Crippen MR) is 40.4 cm³/mol. The molecule has 3 heteroatoms. The summed E-state index contributed by atoms with van der Waals surface area (Å²) in [7, 11) is 0. The van der Waals surface area contributed by atoms with E-state index in [9.17, 15) is 4.79 Å². The molecule has 1 heterocycles. The summed E-state index contributed by atoms with van der Waals surface area (Å²) in [4.78, 5) is 10.5. The van der Waals surface area contributed by atoms with Gasteiger partial charge in [-0.3, -0.25) is 4.79 Å². The minimum Gasteiger partial charge on any atom is -0.381 e. The zero-order chi connectivity index (χ0) is 8.10. The summed E-state index contributed by atoms with van der Waals surface area (Å²) >= 11 is 0. The topological polar surface area (TPSA) is 35.5 Å². The van der Waals surface area contributed by atoms with Crippen molar-refractivity contribution in [1.82, 2.24) is 0 Å². The Morgan fingerprint density at radius 3 is 3.09 bits per heavy atom. The molecule has 1 aliphatic heterocycles. The Hall–Kier alpha value is -0.410. The third-order valence-corrected chi connectivity index (χ3v) is 1.68. The van der Waals surface area contributed by atoms with E-state index in [1.807, 2.05) is 0 Å². The summed E-state index contributed by atoms with van der Waals surface area (Å²) in [5, 5.41) is 0. The van der Waals surface area contributed by atoms with Crippen molar-refractivity contribution < 1.29 is 14.3 Å². The van der Waals surface area contributed by atoms with E-state index < -0.39 is 0 Å². The van der Waals surface area contributed by atoms with E-state index in [-0.39, 0.29) is 12.4 Å². The molecule has 11 heavy (non-hydrogen) atoms. The summed E-state index contributed by atoms with van der Waals surface area (Å²) in [6.07, 6.45) is 1.07. The summed E-state index contributed by atoms with van der Waals surface area (Å²) in [6, 6.07) is 0. The van der Waals surface area contributed by atoms with Crippen molar-refractivity contribution in [3.05, 3.63) is 0 Å². The molecule has 1 aliphatic rings. The van der Waals surface area contributed by atoms with Gasteiger partial charge in [-0.1, -0.05) is 0 Å². The first-order valence-corrected chi connectivity index (χ1v) is 3.94. The molecule has 1 atom stereocenters.